The van der Waals surface area contributed by atoms with Crippen molar-refractivity contribution in [1.29, 1.82) is 0 Å². The molecule has 0 saturated carbocycles. The van der Waals surface area contributed by atoms with Crippen LogP contribution in [-0.4, -0.2) is 5.92 Å². The van der Waals surface area contributed by atoms with Crippen molar-refractivity contribution in [2.45, 2.75) is 148 Å². The Labute approximate surface area is 332 Å². The van der Waals surface area contributed by atoms with E-state index in [0.29, 0.717) is 7.25 Å². The Kier molecular flexibility index (Phi) is 10.1. The monoisotopic (exact) mass is 813 g/mol. The zero-order valence-corrected chi connectivity index (χ0v) is 40.9. The molecule has 2 unspecified atom stereocenters. The summed E-state index contributed by atoms with van der Waals surface area (Å²) >= 11 is -3.80. The molecular formula is C52H71SiZr. The van der Waals surface area contributed by atoms with Crippen LogP contribution < -0.4 is 0 Å². The maximum absolute atomic E-state index is 3.80. The number of rotatable bonds is 5. The van der Waals surface area contributed by atoms with E-state index < -0.39 is 23.9 Å². The van der Waals surface area contributed by atoms with Gasteiger partial charge in [-0.3, -0.25) is 0 Å². The van der Waals surface area contributed by atoms with Gasteiger partial charge in [-0.15, -0.1) is 0 Å². The van der Waals surface area contributed by atoms with Crippen molar-refractivity contribution >= 4 is 18.1 Å². The molecule has 2 atom stereocenters. The van der Waals surface area contributed by atoms with Gasteiger partial charge in [0.05, 0.1) is 0 Å². The standard InChI is InChI=1S/2C24H29.C2H7Si.2CH3.Zr/c2*1-16-11-17-9-8-10-21(22(17)12-16)18-13-19(23(2,3)4)15-20(14-18)24(5,6)7;1-3-2;;;/h2*8-15H,1-7H3;3H,1-2H3;2*1H3;. The molecule has 2 aliphatic rings. The first kappa shape index (κ1) is 41.1. The normalized spacial score (nSPS) is 18.6. The Morgan fingerprint density at radius 1 is 0.463 bits per heavy atom. The van der Waals surface area contributed by atoms with E-state index in [9.17, 15) is 0 Å². The fourth-order valence-corrected chi connectivity index (χ4v) is 40.9. The van der Waals surface area contributed by atoms with Crippen LogP contribution in [0.15, 0.2) is 83.9 Å². The summed E-state index contributed by atoms with van der Waals surface area (Å²) in [6.07, 6.45) is 5.23. The molecule has 4 aromatic carbocycles. The first-order valence-corrected chi connectivity index (χ1v) is 35.7. The Hall–Kier alpha value is -2.54. The second-order valence-corrected chi connectivity index (χ2v) is 60.6. The first-order chi connectivity index (χ1) is 24.6. The quantitative estimate of drug-likeness (QED) is 0.176. The van der Waals surface area contributed by atoms with Gasteiger partial charge in [0.1, 0.15) is 0 Å². The number of allylic oxidation sites excluding steroid dienone is 2. The van der Waals surface area contributed by atoms with E-state index in [2.05, 4.69) is 204 Å². The number of benzene rings is 4. The SMILES string of the molecule is CC1=Cc2c(-c3cc(C(C)(C)C)cc(C(C)(C)C)c3)cccc2[CH]1[Zr]([CH3])([CH3])([CH]1C(C)=Cc2c(-c3cc(C(C)(C)C)cc(C(C)(C)C)c3)cccc21)[SiH](C)C. The van der Waals surface area contributed by atoms with Crippen molar-refractivity contribution < 1.29 is 17.9 Å². The summed E-state index contributed by atoms with van der Waals surface area (Å²) < 4.78 is 6.84. The van der Waals surface area contributed by atoms with E-state index in [1.165, 1.54) is 55.6 Å². The first-order valence-electron chi connectivity index (χ1n) is 20.8. The average molecular weight is 815 g/mol. The van der Waals surface area contributed by atoms with Gasteiger partial charge in [-0.05, 0) is 0 Å². The van der Waals surface area contributed by atoms with Gasteiger partial charge in [0.15, 0.2) is 0 Å². The van der Waals surface area contributed by atoms with E-state index in [0.717, 1.165) is 0 Å². The molecule has 0 fully saturated rings. The van der Waals surface area contributed by atoms with Crippen LogP contribution >= 0.6 is 0 Å². The summed E-state index contributed by atoms with van der Waals surface area (Å²) in [5, 5.41) is 0. The van der Waals surface area contributed by atoms with Crippen molar-refractivity contribution in [3.05, 3.63) is 128 Å². The second kappa shape index (κ2) is 13.3. The molecule has 0 radical (unpaired) electrons. The second-order valence-electron chi connectivity index (χ2n) is 22.7. The zero-order chi connectivity index (χ0) is 40.2. The van der Waals surface area contributed by atoms with Crippen molar-refractivity contribution in [2.75, 3.05) is 0 Å². The number of hydrogen-bond donors (Lipinski definition) is 0. The van der Waals surface area contributed by atoms with Gasteiger partial charge in [0, 0.05) is 0 Å². The fraction of sp³-hybridized carbons (Fsp3) is 0.462. The molecular weight excluding hydrogens is 744 g/mol. The molecule has 0 spiro atoms. The van der Waals surface area contributed by atoms with Gasteiger partial charge in [0.25, 0.3) is 0 Å². The zero-order valence-electron chi connectivity index (χ0n) is 37.3. The van der Waals surface area contributed by atoms with Crippen molar-refractivity contribution in [3.63, 3.8) is 0 Å². The third kappa shape index (κ3) is 6.93. The van der Waals surface area contributed by atoms with E-state index in [-0.39, 0.29) is 21.7 Å². The van der Waals surface area contributed by atoms with Gasteiger partial charge in [-0.1, -0.05) is 0 Å². The molecule has 0 aromatic heterocycles. The Morgan fingerprint density at radius 2 is 0.759 bits per heavy atom. The number of fused-ring (bicyclic) bond motifs is 2. The summed E-state index contributed by atoms with van der Waals surface area (Å²) in [6, 6.07) is 29.5. The van der Waals surface area contributed by atoms with Gasteiger partial charge in [-0.2, -0.15) is 0 Å². The van der Waals surface area contributed by atoms with Crippen LogP contribution in [0.1, 0.15) is 149 Å². The predicted octanol–water partition coefficient (Wildman–Crippen LogP) is 15.6. The fourth-order valence-electron chi connectivity index (χ4n) is 10.2. The van der Waals surface area contributed by atoms with E-state index >= 15 is 0 Å². The predicted molar refractivity (Wildman–Crippen MR) is 242 cm³/mol. The van der Waals surface area contributed by atoms with E-state index in [1.807, 2.05) is 0 Å². The van der Waals surface area contributed by atoms with Crippen molar-refractivity contribution in [2.24, 2.45) is 0 Å². The van der Waals surface area contributed by atoms with Gasteiger partial charge in [-0.25, -0.2) is 0 Å². The van der Waals surface area contributed by atoms with Crippen LogP contribution in [-0.2, 0) is 39.6 Å². The molecule has 6 rings (SSSR count). The van der Waals surface area contributed by atoms with Gasteiger partial charge < -0.3 is 0 Å². The van der Waals surface area contributed by atoms with Gasteiger partial charge >= 0.3 is 335 Å². The maximum atomic E-state index is 2.89. The average Bonchev–Trinajstić information content (AvgIpc) is 3.59. The summed E-state index contributed by atoms with van der Waals surface area (Å²) in [5.41, 5.74) is 20.9. The third-order valence-electron chi connectivity index (χ3n) is 14.2. The van der Waals surface area contributed by atoms with Crippen LogP contribution in [0, 0.1) is 0 Å². The minimum absolute atomic E-state index is 0.0783. The molecule has 2 aliphatic carbocycles. The van der Waals surface area contributed by atoms with E-state index in [4.69, 9.17) is 0 Å². The van der Waals surface area contributed by atoms with Crippen LogP contribution in [0.4, 0.5) is 0 Å². The van der Waals surface area contributed by atoms with Crippen molar-refractivity contribution in [3.8, 4) is 22.3 Å². The van der Waals surface area contributed by atoms with Crippen LogP contribution in [0.5, 0.6) is 0 Å². The molecule has 287 valence electrons. The molecule has 2 heteroatoms. The topological polar surface area (TPSA) is 0 Å². The Bertz CT molecular complexity index is 1980. The molecule has 4 aromatic rings. The summed E-state index contributed by atoms with van der Waals surface area (Å²) in [6.45, 7) is 38.6. The summed E-state index contributed by atoms with van der Waals surface area (Å²) in [7, 11) is 0. The van der Waals surface area contributed by atoms with Gasteiger partial charge in [0.2, 0.25) is 0 Å². The van der Waals surface area contributed by atoms with Crippen LogP contribution in [0.2, 0.25) is 22.4 Å². The van der Waals surface area contributed by atoms with Crippen LogP contribution in [0.3, 0.4) is 0 Å². The molecule has 0 N–H and O–H groups in total. The third-order valence-corrected chi connectivity index (χ3v) is 61.3. The Morgan fingerprint density at radius 3 is 1.02 bits per heavy atom. The minimum atomic E-state index is -3.80. The summed E-state index contributed by atoms with van der Waals surface area (Å²) in [5.74, 6) is -1.19. The van der Waals surface area contributed by atoms with E-state index in [1.54, 1.807) is 22.3 Å². The molecule has 0 aliphatic heterocycles. The van der Waals surface area contributed by atoms with Crippen molar-refractivity contribution in [1.82, 2.24) is 0 Å². The number of hydrogen-bond acceptors (Lipinski definition) is 0. The Balaban J connectivity index is 1.55. The molecule has 0 bridgehead atoms. The summed E-state index contributed by atoms with van der Waals surface area (Å²) in [4.78, 5) is 0. The molecule has 0 amide bonds. The molecule has 0 heterocycles. The molecule has 0 nitrogen and oxygen atoms in total. The molecule has 54 heavy (non-hydrogen) atoms. The van der Waals surface area contributed by atoms with Crippen LogP contribution in [0.25, 0.3) is 34.4 Å². The molecule has 0 saturated heterocycles.